The summed E-state index contributed by atoms with van der Waals surface area (Å²) in [5, 5.41) is 0. The molecule has 0 saturated carbocycles. The van der Waals surface area contributed by atoms with Crippen LogP contribution in [0, 0.1) is 0 Å². The molecule has 3 heterocycles. The lowest BCUT2D eigenvalue weighted by Gasteiger charge is -2.12. The number of ether oxygens (including phenoxy) is 1. The molecule has 0 aliphatic heterocycles. The summed E-state index contributed by atoms with van der Waals surface area (Å²) in [6.07, 6.45) is 6.29. The van der Waals surface area contributed by atoms with Gasteiger partial charge in [-0.05, 0) is 24.3 Å². The van der Waals surface area contributed by atoms with Crippen molar-refractivity contribution in [2.24, 2.45) is 0 Å². The van der Waals surface area contributed by atoms with Gasteiger partial charge in [0.25, 0.3) is 5.91 Å². The number of nitrogens with one attached hydrogen (secondary N) is 2. The second-order valence-corrected chi connectivity index (χ2v) is 5.25. The summed E-state index contributed by atoms with van der Waals surface area (Å²) < 4.78 is 7.24. The molecule has 0 bridgehead atoms. The van der Waals surface area contributed by atoms with Crippen molar-refractivity contribution in [2.75, 3.05) is 12.5 Å². The predicted octanol–water partition coefficient (Wildman–Crippen LogP) is 2.04. The van der Waals surface area contributed by atoms with Crippen LogP contribution in [0.3, 0.4) is 0 Å². The molecule has 0 unspecified atom stereocenters. The van der Waals surface area contributed by atoms with Gasteiger partial charge < -0.3 is 9.14 Å². The van der Waals surface area contributed by atoms with E-state index in [0.717, 1.165) is 16.6 Å². The lowest BCUT2D eigenvalue weighted by molar-refractivity contribution is 0.0957. The molecule has 0 saturated heterocycles. The molecule has 0 atom stereocenters. The molecule has 124 valence electrons. The summed E-state index contributed by atoms with van der Waals surface area (Å²) >= 11 is 0. The summed E-state index contributed by atoms with van der Waals surface area (Å²) in [5.41, 5.74) is 8.17. The van der Waals surface area contributed by atoms with Crippen molar-refractivity contribution in [3.63, 3.8) is 0 Å². The average Bonchev–Trinajstić information content (AvgIpc) is 3.16. The van der Waals surface area contributed by atoms with Crippen LogP contribution < -0.4 is 15.6 Å². The second kappa shape index (κ2) is 6.08. The Labute approximate surface area is 142 Å². The lowest BCUT2D eigenvalue weighted by atomic mass is 10.2. The number of hydrogen-bond donors (Lipinski definition) is 2. The van der Waals surface area contributed by atoms with Crippen molar-refractivity contribution in [1.29, 1.82) is 0 Å². The van der Waals surface area contributed by atoms with Gasteiger partial charge in [0.2, 0.25) is 0 Å². The number of nitrogens with zero attached hydrogens (tertiary/aromatic N) is 4. The fourth-order valence-electron chi connectivity index (χ4n) is 2.57. The first-order chi connectivity index (χ1) is 12.3. The van der Waals surface area contributed by atoms with Crippen molar-refractivity contribution in [2.45, 2.75) is 0 Å². The molecule has 8 heteroatoms. The van der Waals surface area contributed by atoms with Gasteiger partial charge in [0, 0.05) is 24.7 Å². The number of hydrogen-bond acceptors (Lipinski definition) is 6. The number of benzene rings is 1. The lowest BCUT2D eigenvalue weighted by Crippen LogP contribution is -2.30. The largest absolute Gasteiger partial charge is 0.497 e. The summed E-state index contributed by atoms with van der Waals surface area (Å²) in [6.45, 7) is 0. The highest BCUT2D eigenvalue weighted by atomic mass is 16.5. The number of amides is 1. The van der Waals surface area contributed by atoms with E-state index in [1.807, 2.05) is 40.9 Å². The maximum absolute atomic E-state index is 12.1. The van der Waals surface area contributed by atoms with Crippen LogP contribution in [0.2, 0.25) is 0 Å². The standard InChI is InChI=1S/C17H14N6O2/c1-25-11-4-5-14-12(9-11)20-16(15-3-2-8-23(14)15)21-22-17(24)13-10-18-6-7-19-13/h2-10H,1H3,(H,20,21)(H,22,24). The monoisotopic (exact) mass is 334 g/mol. The van der Waals surface area contributed by atoms with Gasteiger partial charge in [-0.2, -0.15) is 0 Å². The van der Waals surface area contributed by atoms with Crippen molar-refractivity contribution >= 4 is 28.3 Å². The third-order valence-electron chi connectivity index (χ3n) is 3.76. The fourth-order valence-corrected chi connectivity index (χ4v) is 2.57. The number of rotatable bonds is 4. The van der Waals surface area contributed by atoms with Crippen molar-refractivity contribution in [3.05, 3.63) is 60.8 Å². The summed E-state index contributed by atoms with van der Waals surface area (Å²) in [5.74, 6) is 0.828. The van der Waals surface area contributed by atoms with Gasteiger partial charge in [0.15, 0.2) is 5.82 Å². The normalized spacial score (nSPS) is 10.8. The molecule has 1 aromatic carbocycles. The van der Waals surface area contributed by atoms with Crippen molar-refractivity contribution in [1.82, 2.24) is 24.8 Å². The molecule has 4 rings (SSSR count). The van der Waals surface area contributed by atoms with Gasteiger partial charge in [-0.1, -0.05) is 0 Å². The zero-order valence-electron chi connectivity index (χ0n) is 13.3. The van der Waals surface area contributed by atoms with E-state index in [2.05, 4.69) is 25.8 Å². The van der Waals surface area contributed by atoms with Gasteiger partial charge in [0.05, 0.1) is 29.9 Å². The maximum Gasteiger partial charge on any atom is 0.289 e. The van der Waals surface area contributed by atoms with E-state index in [1.54, 1.807) is 7.11 Å². The minimum atomic E-state index is -0.398. The van der Waals surface area contributed by atoms with Gasteiger partial charge in [0.1, 0.15) is 11.4 Å². The highest BCUT2D eigenvalue weighted by Gasteiger charge is 2.11. The van der Waals surface area contributed by atoms with Crippen LogP contribution in [0.5, 0.6) is 5.75 Å². The van der Waals surface area contributed by atoms with Gasteiger partial charge in [-0.3, -0.25) is 20.6 Å². The summed E-state index contributed by atoms with van der Waals surface area (Å²) in [4.78, 5) is 24.5. The number of carbonyl (C=O) groups is 1. The number of aromatic nitrogens is 4. The molecular formula is C17H14N6O2. The summed E-state index contributed by atoms with van der Waals surface area (Å²) in [7, 11) is 1.61. The van der Waals surface area contributed by atoms with E-state index in [9.17, 15) is 4.79 Å². The van der Waals surface area contributed by atoms with E-state index in [4.69, 9.17) is 4.74 Å². The first-order valence-electron chi connectivity index (χ1n) is 7.53. The fraction of sp³-hybridized carbons (Fsp3) is 0.0588. The number of hydrazine groups is 1. The zero-order chi connectivity index (χ0) is 17.2. The quantitative estimate of drug-likeness (QED) is 0.555. The Balaban J connectivity index is 1.70. The van der Waals surface area contributed by atoms with Gasteiger partial charge >= 0.3 is 0 Å². The van der Waals surface area contributed by atoms with E-state index < -0.39 is 5.91 Å². The Morgan fingerprint density at radius 3 is 2.92 bits per heavy atom. The topological polar surface area (TPSA) is 93.4 Å². The zero-order valence-corrected chi connectivity index (χ0v) is 13.3. The molecule has 0 radical (unpaired) electrons. The van der Waals surface area contributed by atoms with Crippen molar-refractivity contribution in [3.8, 4) is 5.75 Å². The third kappa shape index (κ3) is 2.69. The SMILES string of the molecule is COc1ccc2c(c1)nc(NNC(=O)c1cnccn1)c1cccn12. The maximum atomic E-state index is 12.1. The molecule has 1 amide bonds. The molecule has 8 nitrogen and oxygen atoms in total. The van der Waals surface area contributed by atoms with Crippen LogP contribution in [0.4, 0.5) is 5.82 Å². The van der Waals surface area contributed by atoms with Crippen LogP contribution in [0.15, 0.2) is 55.1 Å². The Morgan fingerprint density at radius 2 is 2.12 bits per heavy atom. The molecular weight excluding hydrogens is 320 g/mol. The predicted molar refractivity (Wildman–Crippen MR) is 92.4 cm³/mol. The average molecular weight is 334 g/mol. The Kier molecular flexibility index (Phi) is 3.62. The number of carbonyl (C=O) groups excluding carboxylic acids is 1. The minimum absolute atomic E-state index is 0.212. The van der Waals surface area contributed by atoms with Crippen LogP contribution in [-0.2, 0) is 0 Å². The molecule has 25 heavy (non-hydrogen) atoms. The van der Waals surface area contributed by atoms with E-state index >= 15 is 0 Å². The van der Waals surface area contributed by atoms with Crippen molar-refractivity contribution < 1.29 is 9.53 Å². The molecule has 0 fully saturated rings. The second-order valence-electron chi connectivity index (χ2n) is 5.25. The number of fused-ring (bicyclic) bond motifs is 3. The molecule has 0 aliphatic rings. The Morgan fingerprint density at radius 1 is 1.20 bits per heavy atom. The van der Waals surface area contributed by atoms with Crippen LogP contribution in [-0.4, -0.2) is 32.4 Å². The van der Waals surface area contributed by atoms with Crippen LogP contribution in [0.1, 0.15) is 10.5 Å². The first-order valence-corrected chi connectivity index (χ1v) is 7.53. The van der Waals surface area contributed by atoms with E-state index in [-0.39, 0.29) is 5.69 Å². The van der Waals surface area contributed by atoms with Crippen LogP contribution >= 0.6 is 0 Å². The van der Waals surface area contributed by atoms with Gasteiger partial charge in [-0.15, -0.1) is 0 Å². The molecule has 0 aliphatic carbocycles. The smallest absolute Gasteiger partial charge is 0.289 e. The van der Waals surface area contributed by atoms with E-state index in [1.165, 1.54) is 18.6 Å². The molecule has 2 N–H and O–H groups in total. The van der Waals surface area contributed by atoms with E-state index in [0.29, 0.717) is 11.6 Å². The first kappa shape index (κ1) is 14.9. The Hall–Kier alpha value is -3.68. The third-order valence-corrected chi connectivity index (χ3v) is 3.76. The highest BCUT2D eigenvalue weighted by Crippen LogP contribution is 2.25. The highest BCUT2D eigenvalue weighted by molar-refractivity contribution is 5.93. The molecule has 0 spiro atoms. The number of anilines is 1. The minimum Gasteiger partial charge on any atom is -0.497 e. The Bertz CT molecular complexity index is 1060. The van der Waals surface area contributed by atoms with Gasteiger partial charge in [-0.25, -0.2) is 9.97 Å². The summed E-state index contributed by atoms with van der Waals surface area (Å²) in [6, 6.07) is 9.48. The number of methoxy groups -OCH3 is 1. The molecule has 3 aromatic heterocycles. The van der Waals surface area contributed by atoms with Crippen LogP contribution in [0.25, 0.3) is 16.6 Å². The molecule has 4 aromatic rings.